The van der Waals surface area contributed by atoms with E-state index in [0.717, 1.165) is 12.1 Å². The van der Waals surface area contributed by atoms with Gasteiger partial charge in [-0.3, -0.25) is 4.98 Å². The zero-order valence-electron chi connectivity index (χ0n) is 13.4. The zero-order chi connectivity index (χ0) is 18.2. The van der Waals surface area contributed by atoms with Crippen LogP contribution in [0.1, 0.15) is 5.56 Å². The topological polar surface area (TPSA) is 51.6 Å². The maximum Gasteiger partial charge on any atom is 0.416 e. The summed E-state index contributed by atoms with van der Waals surface area (Å²) in [5.41, 5.74) is 0.510. The lowest BCUT2D eigenvalue weighted by atomic mass is 9.98. The fourth-order valence-corrected chi connectivity index (χ4v) is 2.67. The lowest BCUT2D eigenvalue weighted by Gasteiger charge is -2.14. The highest BCUT2D eigenvalue weighted by molar-refractivity contribution is 5.99. The Hall–Kier alpha value is -2.96. The average Bonchev–Trinajstić information content (AvgIpc) is 2.59. The first-order valence-corrected chi connectivity index (χ1v) is 7.26. The number of hydrogen-bond acceptors (Lipinski definition) is 4. The van der Waals surface area contributed by atoms with Gasteiger partial charge in [0.25, 0.3) is 0 Å². The van der Waals surface area contributed by atoms with Crippen molar-refractivity contribution >= 4 is 10.9 Å². The van der Waals surface area contributed by atoms with Crippen LogP contribution in [0.15, 0.2) is 42.6 Å². The van der Waals surface area contributed by atoms with Crippen molar-refractivity contribution in [3.63, 3.8) is 0 Å². The third-order valence-electron chi connectivity index (χ3n) is 3.84. The number of alkyl halides is 3. The molecule has 0 saturated carbocycles. The molecule has 0 spiro atoms. The molecule has 0 aliphatic rings. The van der Waals surface area contributed by atoms with Gasteiger partial charge in [0.2, 0.25) is 0 Å². The molecule has 0 radical (unpaired) electrons. The van der Waals surface area contributed by atoms with Gasteiger partial charge in [-0.05, 0) is 41.5 Å². The Morgan fingerprint density at radius 1 is 0.960 bits per heavy atom. The molecule has 0 aliphatic carbocycles. The van der Waals surface area contributed by atoms with Crippen LogP contribution in [0.25, 0.3) is 22.0 Å². The number of fused-ring (bicyclic) bond motifs is 1. The number of halogens is 3. The molecule has 1 heterocycles. The normalized spacial score (nSPS) is 11.6. The van der Waals surface area contributed by atoms with Gasteiger partial charge >= 0.3 is 6.18 Å². The van der Waals surface area contributed by atoms with E-state index in [-0.39, 0.29) is 17.0 Å². The fourth-order valence-electron chi connectivity index (χ4n) is 2.67. The largest absolute Gasteiger partial charge is 0.504 e. The van der Waals surface area contributed by atoms with Crippen LogP contribution in [-0.4, -0.2) is 24.3 Å². The molecular weight excluding hydrogens is 335 g/mol. The Labute approximate surface area is 141 Å². The van der Waals surface area contributed by atoms with Crippen molar-refractivity contribution in [2.75, 3.05) is 14.2 Å². The van der Waals surface area contributed by atoms with Crippen molar-refractivity contribution in [2.24, 2.45) is 0 Å². The van der Waals surface area contributed by atoms with E-state index in [9.17, 15) is 18.3 Å². The minimum Gasteiger partial charge on any atom is -0.504 e. The van der Waals surface area contributed by atoms with Crippen LogP contribution in [0, 0.1) is 0 Å². The number of benzene rings is 2. The molecule has 25 heavy (non-hydrogen) atoms. The van der Waals surface area contributed by atoms with Gasteiger partial charge in [0, 0.05) is 6.20 Å². The van der Waals surface area contributed by atoms with E-state index in [1.165, 1.54) is 26.5 Å². The van der Waals surface area contributed by atoms with Gasteiger partial charge in [-0.1, -0.05) is 6.07 Å². The molecule has 4 nitrogen and oxygen atoms in total. The van der Waals surface area contributed by atoms with Gasteiger partial charge < -0.3 is 14.6 Å². The first-order valence-electron chi connectivity index (χ1n) is 7.26. The Morgan fingerprint density at radius 3 is 2.28 bits per heavy atom. The van der Waals surface area contributed by atoms with Crippen molar-refractivity contribution in [3.05, 3.63) is 48.2 Å². The molecule has 2 aromatic carbocycles. The van der Waals surface area contributed by atoms with E-state index in [1.807, 2.05) is 0 Å². The number of phenolic OH excluding ortho intramolecular Hbond substituents is 1. The summed E-state index contributed by atoms with van der Waals surface area (Å²) >= 11 is 0. The third kappa shape index (κ3) is 3.05. The molecular formula is C18H14F3NO3. The van der Waals surface area contributed by atoms with Gasteiger partial charge in [0.05, 0.1) is 30.7 Å². The number of ether oxygens (including phenoxy) is 2. The molecule has 3 rings (SSSR count). The maximum atomic E-state index is 13.1. The second-order valence-electron chi connectivity index (χ2n) is 5.32. The number of nitrogens with zero attached hydrogens (tertiary/aromatic N) is 1. The lowest BCUT2D eigenvalue weighted by Crippen LogP contribution is -2.06. The number of aromatic nitrogens is 1. The van der Waals surface area contributed by atoms with Crippen LogP contribution in [0.4, 0.5) is 13.2 Å². The van der Waals surface area contributed by atoms with Crippen LogP contribution in [-0.2, 0) is 6.18 Å². The molecule has 0 saturated heterocycles. The van der Waals surface area contributed by atoms with Crippen molar-refractivity contribution in [1.82, 2.24) is 4.98 Å². The van der Waals surface area contributed by atoms with Gasteiger partial charge in [-0.15, -0.1) is 0 Å². The van der Waals surface area contributed by atoms with Crippen LogP contribution >= 0.6 is 0 Å². The average molecular weight is 349 g/mol. The highest BCUT2D eigenvalue weighted by Crippen LogP contribution is 2.41. The van der Waals surface area contributed by atoms with Crippen molar-refractivity contribution in [2.45, 2.75) is 6.18 Å². The number of hydrogen-bond donors (Lipinski definition) is 1. The van der Waals surface area contributed by atoms with Gasteiger partial charge in [0.15, 0.2) is 11.5 Å². The number of methoxy groups -OCH3 is 2. The van der Waals surface area contributed by atoms with Crippen molar-refractivity contribution < 1.29 is 27.8 Å². The summed E-state index contributed by atoms with van der Waals surface area (Å²) in [6.45, 7) is 0. The fraction of sp³-hybridized carbons (Fsp3) is 0.167. The predicted octanol–water partition coefficient (Wildman–Crippen LogP) is 4.64. The monoisotopic (exact) mass is 349 g/mol. The Morgan fingerprint density at radius 2 is 1.68 bits per heavy atom. The van der Waals surface area contributed by atoms with Crippen LogP contribution in [0.5, 0.6) is 17.2 Å². The molecule has 1 aromatic heterocycles. The first kappa shape index (κ1) is 16.9. The van der Waals surface area contributed by atoms with E-state index in [0.29, 0.717) is 22.3 Å². The van der Waals surface area contributed by atoms with E-state index in [2.05, 4.69) is 4.98 Å². The molecule has 0 atom stereocenters. The highest BCUT2D eigenvalue weighted by atomic mass is 19.4. The zero-order valence-corrected chi connectivity index (χ0v) is 13.4. The molecule has 0 bridgehead atoms. The molecule has 0 fully saturated rings. The van der Waals surface area contributed by atoms with E-state index in [4.69, 9.17) is 9.47 Å². The Bertz CT molecular complexity index is 939. The maximum absolute atomic E-state index is 13.1. The summed E-state index contributed by atoms with van der Waals surface area (Å²) in [6, 6.07) is 8.32. The molecule has 0 unspecified atom stereocenters. The SMILES string of the molecule is COc1ccc(-c2ccnc3cc(C(F)(F)F)cc(OC)c23)cc1O. The minimum absolute atomic E-state index is 0.0585. The first-order chi connectivity index (χ1) is 11.8. The summed E-state index contributed by atoms with van der Waals surface area (Å²) in [4.78, 5) is 4.04. The summed E-state index contributed by atoms with van der Waals surface area (Å²) in [5, 5.41) is 10.4. The highest BCUT2D eigenvalue weighted by Gasteiger charge is 2.32. The molecule has 7 heteroatoms. The Balaban J connectivity index is 2.28. The smallest absolute Gasteiger partial charge is 0.416 e. The molecule has 130 valence electrons. The van der Waals surface area contributed by atoms with Gasteiger partial charge in [-0.25, -0.2) is 0 Å². The third-order valence-corrected chi connectivity index (χ3v) is 3.84. The number of rotatable bonds is 3. The molecule has 0 aliphatic heterocycles. The van der Waals surface area contributed by atoms with Gasteiger partial charge in [0.1, 0.15) is 5.75 Å². The summed E-state index contributed by atoms with van der Waals surface area (Å²) in [6.07, 6.45) is -3.09. The van der Waals surface area contributed by atoms with Crippen LogP contribution in [0.3, 0.4) is 0 Å². The number of pyridine rings is 1. The van der Waals surface area contributed by atoms with Crippen molar-refractivity contribution in [3.8, 4) is 28.4 Å². The predicted molar refractivity (Wildman–Crippen MR) is 86.9 cm³/mol. The summed E-state index contributed by atoms with van der Waals surface area (Å²) in [7, 11) is 2.73. The van der Waals surface area contributed by atoms with Crippen LogP contribution < -0.4 is 9.47 Å². The lowest BCUT2D eigenvalue weighted by molar-refractivity contribution is -0.137. The van der Waals surface area contributed by atoms with E-state index >= 15 is 0 Å². The molecule has 1 N–H and O–H groups in total. The second kappa shape index (κ2) is 6.16. The van der Waals surface area contributed by atoms with Gasteiger partial charge in [-0.2, -0.15) is 13.2 Å². The Kier molecular flexibility index (Phi) is 4.16. The summed E-state index contributed by atoms with van der Waals surface area (Å²) in [5.74, 6) is 0.285. The van der Waals surface area contributed by atoms with E-state index in [1.54, 1.807) is 18.2 Å². The van der Waals surface area contributed by atoms with Crippen molar-refractivity contribution in [1.29, 1.82) is 0 Å². The minimum atomic E-state index is -4.50. The van der Waals surface area contributed by atoms with E-state index < -0.39 is 11.7 Å². The number of aromatic hydroxyl groups is 1. The van der Waals surface area contributed by atoms with Crippen LogP contribution in [0.2, 0.25) is 0 Å². The summed E-state index contributed by atoms with van der Waals surface area (Å²) < 4.78 is 49.4. The molecule has 3 aromatic rings. The molecule has 0 amide bonds. The second-order valence-corrected chi connectivity index (χ2v) is 5.32. The number of phenols is 1. The standard InChI is InChI=1S/C18H14F3NO3/c1-24-15-4-3-10(7-14(15)23)12-5-6-22-13-8-11(18(19,20)21)9-16(25-2)17(12)13/h3-9,23H,1-2H3. The quantitative estimate of drug-likeness (QED) is 0.748.